The molecule has 1 unspecified atom stereocenters. The molecule has 2 aromatic heterocycles. The maximum atomic E-state index is 12.9. The van der Waals surface area contributed by atoms with Crippen LogP contribution in [0.4, 0.5) is 0 Å². The number of unbranched alkanes of at least 4 members (excludes halogenated alkanes) is 1. The van der Waals surface area contributed by atoms with E-state index in [9.17, 15) is 9.59 Å². The topological polar surface area (TPSA) is 84.2 Å². The molecule has 1 atom stereocenters. The molecular weight excluding hydrogens is 544 g/mol. The van der Waals surface area contributed by atoms with Crippen molar-refractivity contribution in [3.63, 3.8) is 0 Å². The van der Waals surface area contributed by atoms with E-state index < -0.39 is 0 Å². The Labute approximate surface area is 244 Å². The summed E-state index contributed by atoms with van der Waals surface area (Å²) >= 11 is 7.76. The van der Waals surface area contributed by atoms with Gasteiger partial charge in [-0.1, -0.05) is 67.0 Å². The van der Waals surface area contributed by atoms with Gasteiger partial charge in [0.1, 0.15) is 5.52 Å². The van der Waals surface area contributed by atoms with Crippen LogP contribution < -0.4 is 0 Å². The molecular formula is C30H35ClN6O2S. The molecule has 210 valence electrons. The lowest BCUT2D eigenvalue weighted by molar-refractivity contribution is -0.142. The number of nitrogens with zero attached hydrogens (tertiary/aromatic N) is 6. The Morgan fingerprint density at radius 2 is 1.85 bits per heavy atom. The van der Waals surface area contributed by atoms with E-state index in [0.29, 0.717) is 49.2 Å². The molecule has 4 aromatic rings. The summed E-state index contributed by atoms with van der Waals surface area (Å²) in [6, 6.07) is 16.0. The predicted octanol–water partition coefficient (Wildman–Crippen LogP) is 5.80. The number of hydrogen-bond acceptors (Lipinski definition) is 6. The summed E-state index contributed by atoms with van der Waals surface area (Å²) in [6.45, 7) is 6.57. The SMILES string of the molecule is CCCCC(=O)N1CCN(C(=O)CCCSc2nnc3c4ccccc4n(Cc4cccc(Cl)c4)c3n2)CC1C. The number of rotatable bonds is 10. The van der Waals surface area contributed by atoms with E-state index >= 15 is 0 Å². The summed E-state index contributed by atoms with van der Waals surface area (Å²) in [5.41, 5.74) is 3.70. The third-order valence-corrected chi connectivity index (χ3v) is 8.55. The van der Waals surface area contributed by atoms with Crippen molar-refractivity contribution < 1.29 is 9.59 Å². The summed E-state index contributed by atoms with van der Waals surface area (Å²) in [5.74, 6) is 1.07. The van der Waals surface area contributed by atoms with E-state index in [4.69, 9.17) is 16.6 Å². The van der Waals surface area contributed by atoms with E-state index in [-0.39, 0.29) is 17.9 Å². The second kappa shape index (κ2) is 13.0. The van der Waals surface area contributed by atoms with Crippen LogP contribution >= 0.6 is 23.4 Å². The fourth-order valence-electron chi connectivity index (χ4n) is 5.30. The van der Waals surface area contributed by atoms with Crippen LogP contribution in [-0.4, -0.2) is 72.8 Å². The molecule has 8 nitrogen and oxygen atoms in total. The fourth-order valence-corrected chi connectivity index (χ4v) is 6.23. The second-order valence-electron chi connectivity index (χ2n) is 10.3. The molecule has 40 heavy (non-hydrogen) atoms. The Kier molecular flexibility index (Phi) is 9.22. The Balaban J connectivity index is 1.19. The zero-order chi connectivity index (χ0) is 28.1. The van der Waals surface area contributed by atoms with Crippen molar-refractivity contribution in [2.45, 2.75) is 63.7 Å². The molecule has 10 heteroatoms. The van der Waals surface area contributed by atoms with Crippen molar-refractivity contribution in [2.24, 2.45) is 0 Å². The molecule has 5 rings (SSSR count). The number of carbonyl (C=O) groups excluding carboxylic acids is 2. The Bertz CT molecular complexity index is 1510. The number of aromatic nitrogens is 4. The van der Waals surface area contributed by atoms with E-state index in [1.165, 1.54) is 11.8 Å². The van der Waals surface area contributed by atoms with Gasteiger partial charge in [0.25, 0.3) is 0 Å². The van der Waals surface area contributed by atoms with Gasteiger partial charge in [0.2, 0.25) is 17.0 Å². The van der Waals surface area contributed by atoms with Gasteiger partial charge in [0, 0.05) is 61.2 Å². The van der Waals surface area contributed by atoms with Crippen molar-refractivity contribution in [1.82, 2.24) is 29.5 Å². The van der Waals surface area contributed by atoms with Crippen LogP contribution in [0.5, 0.6) is 0 Å². The van der Waals surface area contributed by atoms with Gasteiger partial charge in [-0.2, -0.15) is 0 Å². The van der Waals surface area contributed by atoms with Gasteiger partial charge in [0.15, 0.2) is 5.65 Å². The summed E-state index contributed by atoms with van der Waals surface area (Å²) in [6.07, 6.45) is 3.71. The number of halogens is 1. The van der Waals surface area contributed by atoms with Crippen LogP contribution in [0.25, 0.3) is 22.1 Å². The maximum Gasteiger partial charge on any atom is 0.222 e. The molecule has 1 fully saturated rings. The molecule has 0 bridgehead atoms. The first-order chi connectivity index (χ1) is 19.4. The molecule has 2 amide bonds. The quantitative estimate of drug-likeness (QED) is 0.175. The van der Waals surface area contributed by atoms with Gasteiger partial charge in [-0.05, 0) is 43.5 Å². The summed E-state index contributed by atoms with van der Waals surface area (Å²) in [4.78, 5) is 34.0. The number of para-hydroxylation sites is 1. The number of thioether (sulfide) groups is 1. The normalized spacial score (nSPS) is 15.7. The Morgan fingerprint density at radius 3 is 2.65 bits per heavy atom. The van der Waals surface area contributed by atoms with E-state index in [0.717, 1.165) is 52.6 Å². The highest BCUT2D eigenvalue weighted by molar-refractivity contribution is 7.99. The minimum atomic E-state index is 0.0568. The lowest BCUT2D eigenvalue weighted by Gasteiger charge is -2.40. The van der Waals surface area contributed by atoms with E-state index in [1.807, 2.05) is 53.1 Å². The molecule has 3 heterocycles. The van der Waals surface area contributed by atoms with Crippen molar-refractivity contribution in [1.29, 1.82) is 0 Å². The molecule has 2 aromatic carbocycles. The van der Waals surface area contributed by atoms with E-state index in [1.54, 1.807) is 0 Å². The monoisotopic (exact) mass is 578 g/mol. The van der Waals surface area contributed by atoms with Crippen molar-refractivity contribution in [2.75, 3.05) is 25.4 Å². The number of carbonyl (C=O) groups is 2. The van der Waals surface area contributed by atoms with Gasteiger partial charge < -0.3 is 14.4 Å². The van der Waals surface area contributed by atoms with Gasteiger partial charge in [-0.15, -0.1) is 10.2 Å². The fraction of sp³-hybridized carbons (Fsp3) is 0.433. The highest BCUT2D eigenvalue weighted by Crippen LogP contribution is 2.28. The van der Waals surface area contributed by atoms with Crippen LogP contribution in [0.1, 0.15) is 51.5 Å². The van der Waals surface area contributed by atoms with Gasteiger partial charge in [-0.3, -0.25) is 9.59 Å². The molecule has 0 radical (unpaired) electrons. The lowest BCUT2D eigenvalue weighted by atomic mass is 10.1. The lowest BCUT2D eigenvalue weighted by Crippen LogP contribution is -2.55. The third kappa shape index (κ3) is 6.41. The van der Waals surface area contributed by atoms with Crippen molar-refractivity contribution in [3.05, 3.63) is 59.1 Å². The predicted molar refractivity (Wildman–Crippen MR) is 161 cm³/mol. The summed E-state index contributed by atoms with van der Waals surface area (Å²) in [7, 11) is 0. The van der Waals surface area contributed by atoms with Crippen LogP contribution in [0.15, 0.2) is 53.7 Å². The second-order valence-corrected chi connectivity index (χ2v) is 11.8. The van der Waals surface area contributed by atoms with Gasteiger partial charge in [-0.25, -0.2) is 4.98 Å². The Morgan fingerprint density at radius 1 is 1.02 bits per heavy atom. The standard InChI is InChI=1S/C30H35ClN6O2S/c1-3-4-13-27(39)36-16-15-35(19-21(36)2)26(38)14-8-17-40-30-32-29-28(33-34-30)24-11-5-6-12-25(24)37(29)20-22-9-7-10-23(31)18-22/h5-7,9-12,18,21H,3-4,8,13-17,19-20H2,1-2H3. The molecule has 0 aliphatic carbocycles. The van der Waals surface area contributed by atoms with Gasteiger partial charge in [0.05, 0.1) is 5.52 Å². The first-order valence-corrected chi connectivity index (χ1v) is 15.4. The largest absolute Gasteiger partial charge is 0.339 e. The minimum absolute atomic E-state index is 0.0568. The van der Waals surface area contributed by atoms with Crippen molar-refractivity contribution in [3.8, 4) is 0 Å². The van der Waals surface area contributed by atoms with Crippen molar-refractivity contribution >= 4 is 57.2 Å². The zero-order valence-corrected chi connectivity index (χ0v) is 24.6. The van der Waals surface area contributed by atoms with Gasteiger partial charge >= 0.3 is 0 Å². The van der Waals surface area contributed by atoms with Crippen LogP contribution in [-0.2, 0) is 16.1 Å². The first-order valence-electron chi connectivity index (χ1n) is 14.0. The smallest absolute Gasteiger partial charge is 0.222 e. The summed E-state index contributed by atoms with van der Waals surface area (Å²) < 4.78 is 2.16. The number of amides is 2. The summed E-state index contributed by atoms with van der Waals surface area (Å²) in [5, 5.41) is 11.2. The molecule has 0 saturated carbocycles. The first kappa shape index (κ1) is 28.4. The molecule has 1 saturated heterocycles. The maximum absolute atomic E-state index is 12.9. The number of piperazine rings is 1. The van der Waals surface area contributed by atoms with Crippen LogP contribution in [0, 0.1) is 0 Å². The number of hydrogen-bond donors (Lipinski definition) is 0. The van der Waals surface area contributed by atoms with E-state index in [2.05, 4.69) is 33.8 Å². The minimum Gasteiger partial charge on any atom is -0.339 e. The molecule has 0 N–H and O–H groups in total. The molecule has 1 aliphatic heterocycles. The highest BCUT2D eigenvalue weighted by Gasteiger charge is 2.29. The average Bonchev–Trinajstić information content (AvgIpc) is 3.26. The highest BCUT2D eigenvalue weighted by atomic mass is 35.5. The zero-order valence-electron chi connectivity index (χ0n) is 23.1. The average molecular weight is 579 g/mol. The van der Waals surface area contributed by atoms with Crippen LogP contribution in [0.2, 0.25) is 5.02 Å². The number of fused-ring (bicyclic) bond motifs is 3. The number of benzene rings is 2. The molecule has 1 aliphatic rings. The third-order valence-electron chi connectivity index (χ3n) is 7.40. The Hall–Kier alpha value is -3.17. The molecule has 0 spiro atoms. The van der Waals surface area contributed by atoms with Crippen LogP contribution in [0.3, 0.4) is 0 Å².